The van der Waals surface area contributed by atoms with Gasteiger partial charge in [0.25, 0.3) is 0 Å². The zero-order valence-electron chi connectivity index (χ0n) is 21.1. The van der Waals surface area contributed by atoms with Crippen LogP contribution < -0.4 is 0 Å². The van der Waals surface area contributed by atoms with Gasteiger partial charge < -0.3 is 10.2 Å². The highest BCUT2D eigenvalue weighted by atomic mass is 16.3. The lowest BCUT2D eigenvalue weighted by Crippen LogP contribution is -2.39. The molecule has 2 N–H and O–H groups in total. The van der Waals surface area contributed by atoms with Crippen LogP contribution in [0.2, 0.25) is 0 Å². The van der Waals surface area contributed by atoms with Crippen LogP contribution in [0.4, 0.5) is 0 Å². The molecule has 6 atom stereocenters. The molecule has 5 fully saturated rings. The minimum atomic E-state index is -0.322. The van der Waals surface area contributed by atoms with E-state index in [2.05, 4.69) is 19.9 Å². The van der Waals surface area contributed by atoms with Gasteiger partial charge in [-0.25, -0.2) is 0 Å². The highest BCUT2D eigenvalue weighted by molar-refractivity contribution is 5.16. The lowest BCUT2D eigenvalue weighted by molar-refractivity contribution is 0.0200. The molecule has 3 unspecified atom stereocenters. The van der Waals surface area contributed by atoms with Gasteiger partial charge in [-0.05, 0) is 118 Å². The van der Waals surface area contributed by atoms with Gasteiger partial charge >= 0.3 is 0 Å². The Kier molecular flexibility index (Phi) is 6.60. The fourth-order valence-electron chi connectivity index (χ4n) is 9.23. The van der Waals surface area contributed by atoms with E-state index in [0.717, 1.165) is 49.4 Å². The lowest BCUT2D eigenvalue weighted by atomic mass is 9.58. The SMILES string of the molecule is C[C@@H](CCCC1(O)CCCC1)C1CCC2C(C/C=C3/CCC4(CC4)[C@H](O)C3)CCC[C@@]21C. The fourth-order valence-corrected chi connectivity index (χ4v) is 9.23. The van der Waals surface area contributed by atoms with Crippen molar-refractivity contribution in [3.8, 4) is 0 Å². The first-order chi connectivity index (χ1) is 15.3. The Morgan fingerprint density at radius 3 is 2.50 bits per heavy atom. The Bertz CT molecular complexity index is 685. The van der Waals surface area contributed by atoms with Crippen molar-refractivity contribution in [3.63, 3.8) is 0 Å². The molecule has 0 heterocycles. The average molecular weight is 443 g/mol. The molecular formula is C30H50O2. The highest BCUT2D eigenvalue weighted by Crippen LogP contribution is 2.61. The number of fused-ring (bicyclic) bond motifs is 1. The summed E-state index contributed by atoms with van der Waals surface area (Å²) >= 11 is 0. The Balaban J connectivity index is 1.15. The summed E-state index contributed by atoms with van der Waals surface area (Å²) in [5.74, 6) is 3.46. The van der Waals surface area contributed by atoms with E-state index in [9.17, 15) is 10.2 Å². The molecule has 2 nitrogen and oxygen atoms in total. The molecule has 0 aromatic carbocycles. The van der Waals surface area contributed by atoms with E-state index in [1.54, 1.807) is 5.57 Å². The first-order valence-electron chi connectivity index (χ1n) is 14.4. The number of rotatable bonds is 7. The van der Waals surface area contributed by atoms with Crippen LogP contribution in [-0.2, 0) is 0 Å². The molecule has 32 heavy (non-hydrogen) atoms. The van der Waals surface area contributed by atoms with Crippen LogP contribution in [0.15, 0.2) is 11.6 Å². The van der Waals surface area contributed by atoms with Crippen molar-refractivity contribution in [1.82, 2.24) is 0 Å². The number of hydrogen-bond acceptors (Lipinski definition) is 2. The van der Waals surface area contributed by atoms with Crippen LogP contribution >= 0.6 is 0 Å². The summed E-state index contributed by atoms with van der Waals surface area (Å²) in [6.07, 6.45) is 25.0. The van der Waals surface area contributed by atoms with Gasteiger partial charge in [0, 0.05) is 0 Å². The van der Waals surface area contributed by atoms with Crippen LogP contribution in [0.3, 0.4) is 0 Å². The monoisotopic (exact) mass is 442 g/mol. The van der Waals surface area contributed by atoms with Crippen LogP contribution in [-0.4, -0.2) is 21.9 Å². The van der Waals surface area contributed by atoms with E-state index in [0.29, 0.717) is 10.8 Å². The summed E-state index contributed by atoms with van der Waals surface area (Å²) in [5, 5.41) is 21.3. The minimum absolute atomic E-state index is 0.0573. The van der Waals surface area contributed by atoms with Gasteiger partial charge in [0.05, 0.1) is 11.7 Å². The van der Waals surface area contributed by atoms with Gasteiger partial charge in [-0.1, -0.05) is 57.6 Å². The quantitative estimate of drug-likeness (QED) is 0.399. The van der Waals surface area contributed by atoms with Crippen molar-refractivity contribution in [2.75, 3.05) is 0 Å². The maximum absolute atomic E-state index is 10.7. The maximum Gasteiger partial charge on any atom is 0.0647 e. The number of allylic oxidation sites excluding steroid dienone is 1. The van der Waals surface area contributed by atoms with Gasteiger partial charge in [0.15, 0.2) is 0 Å². The molecule has 182 valence electrons. The zero-order valence-corrected chi connectivity index (χ0v) is 21.1. The molecule has 0 saturated heterocycles. The molecular weight excluding hydrogens is 392 g/mol. The Hall–Kier alpha value is -0.340. The van der Waals surface area contributed by atoms with Crippen molar-refractivity contribution >= 4 is 0 Å². The molecule has 0 radical (unpaired) electrons. The summed E-state index contributed by atoms with van der Waals surface area (Å²) in [6, 6.07) is 0. The van der Waals surface area contributed by atoms with Crippen LogP contribution in [0.1, 0.15) is 129 Å². The number of hydrogen-bond donors (Lipinski definition) is 2. The van der Waals surface area contributed by atoms with Gasteiger partial charge in [-0.2, -0.15) is 0 Å². The molecule has 0 aromatic heterocycles. The topological polar surface area (TPSA) is 40.5 Å². The number of aliphatic hydroxyl groups is 2. The van der Waals surface area contributed by atoms with Gasteiger partial charge in [0.2, 0.25) is 0 Å². The summed E-state index contributed by atoms with van der Waals surface area (Å²) in [7, 11) is 0. The van der Waals surface area contributed by atoms with Crippen LogP contribution in [0, 0.1) is 34.5 Å². The molecule has 0 bridgehead atoms. The van der Waals surface area contributed by atoms with Crippen molar-refractivity contribution in [3.05, 3.63) is 11.6 Å². The third-order valence-corrected chi connectivity index (χ3v) is 11.6. The molecule has 0 aliphatic heterocycles. The molecule has 5 saturated carbocycles. The van der Waals surface area contributed by atoms with E-state index in [1.807, 2.05) is 0 Å². The van der Waals surface area contributed by atoms with Crippen molar-refractivity contribution in [2.24, 2.45) is 34.5 Å². The average Bonchev–Trinajstić information content (AvgIpc) is 3.27. The second kappa shape index (κ2) is 9.03. The van der Waals surface area contributed by atoms with E-state index in [4.69, 9.17) is 0 Å². The van der Waals surface area contributed by atoms with E-state index < -0.39 is 0 Å². The van der Waals surface area contributed by atoms with Crippen molar-refractivity contribution in [2.45, 2.75) is 141 Å². The largest absolute Gasteiger partial charge is 0.392 e. The summed E-state index contributed by atoms with van der Waals surface area (Å²) < 4.78 is 0. The number of aliphatic hydroxyl groups excluding tert-OH is 1. The maximum atomic E-state index is 10.7. The second-order valence-electron chi connectivity index (χ2n) is 13.4. The lowest BCUT2D eigenvalue weighted by Gasteiger charge is -2.47. The van der Waals surface area contributed by atoms with E-state index in [1.165, 1.54) is 89.9 Å². The standard InChI is InChI=1S/C30H50O2/c1-22(7-5-17-30(32)15-3-4-16-30)25-11-12-26-24(8-6-14-28(25,26)2)10-9-23-13-18-29(19-20-29)27(31)21-23/h9,22,24-27,31-32H,3-8,10-21H2,1-2H3/b23-9-/t22-,24?,25?,26?,27+,28+/m0/s1. The molecule has 0 aromatic rings. The summed E-state index contributed by atoms with van der Waals surface area (Å²) in [5.41, 5.74) is 2.12. The predicted molar refractivity (Wildman–Crippen MR) is 132 cm³/mol. The molecule has 0 amide bonds. The van der Waals surface area contributed by atoms with Crippen molar-refractivity contribution in [1.29, 1.82) is 0 Å². The molecule has 5 aliphatic rings. The third kappa shape index (κ3) is 4.49. The van der Waals surface area contributed by atoms with Crippen molar-refractivity contribution < 1.29 is 10.2 Å². The Morgan fingerprint density at radius 2 is 1.78 bits per heavy atom. The first kappa shape index (κ1) is 23.4. The highest BCUT2D eigenvalue weighted by Gasteiger charge is 2.52. The summed E-state index contributed by atoms with van der Waals surface area (Å²) in [6.45, 7) is 5.18. The minimum Gasteiger partial charge on any atom is -0.392 e. The van der Waals surface area contributed by atoms with E-state index >= 15 is 0 Å². The smallest absolute Gasteiger partial charge is 0.0647 e. The molecule has 1 spiro atoms. The normalized spacial score (nSPS) is 42.3. The molecule has 5 aliphatic carbocycles. The first-order valence-corrected chi connectivity index (χ1v) is 14.4. The van der Waals surface area contributed by atoms with Gasteiger partial charge in [0.1, 0.15) is 0 Å². The van der Waals surface area contributed by atoms with E-state index in [-0.39, 0.29) is 11.7 Å². The van der Waals surface area contributed by atoms with Crippen LogP contribution in [0.5, 0.6) is 0 Å². The van der Waals surface area contributed by atoms with Gasteiger partial charge in [-0.3, -0.25) is 0 Å². The fraction of sp³-hybridized carbons (Fsp3) is 0.933. The second-order valence-corrected chi connectivity index (χ2v) is 13.4. The predicted octanol–water partition coefficient (Wildman–Crippen LogP) is 7.57. The van der Waals surface area contributed by atoms with Gasteiger partial charge in [-0.15, -0.1) is 0 Å². The molecule has 2 heteroatoms. The van der Waals surface area contributed by atoms with Crippen LogP contribution in [0.25, 0.3) is 0 Å². The summed E-state index contributed by atoms with van der Waals surface area (Å²) in [4.78, 5) is 0. The molecule has 5 rings (SSSR count). The zero-order chi connectivity index (χ0) is 22.4. The Labute approximate surface area is 197 Å². The third-order valence-electron chi connectivity index (χ3n) is 11.6. The Morgan fingerprint density at radius 1 is 1.00 bits per heavy atom.